The molecule has 29 heavy (non-hydrogen) atoms. The van der Waals surface area contributed by atoms with Crippen LogP contribution < -0.4 is 15.8 Å². The Bertz CT molecular complexity index is 986. The predicted octanol–water partition coefficient (Wildman–Crippen LogP) is 2.73. The van der Waals surface area contributed by atoms with Crippen molar-refractivity contribution in [2.24, 2.45) is 5.73 Å². The number of benzene rings is 3. The SMILES string of the molecule is NC(=O)C(Cc1ccc(OC(=O)c2ccccc2)cc1)NC(=O)c1ccccc1. The van der Waals surface area contributed by atoms with Crippen LogP contribution in [0.2, 0.25) is 0 Å². The number of carbonyl (C=O) groups is 3. The van der Waals surface area contributed by atoms with Crippen molar-refractivity contribution in [2.45, 2.75) is 12.5 Å². The third-order valence-corrected chi connectivity index (χ3v) is 4.27. The largest absolute Gasteiger partial charge is 0.423 e. The molecule has 0 aliphatic heterocycles. The lowest BCUT2D eigenvalue weighted by Crippen LogP contribution is -2.45. The van der Waals surface area contributed by atoms with Crippen molar-refractivity contribution in [2.75, 3.05) is 0 Å². The molecule has 6 heteroatoms. The summed E-state index contributed by atoms with van der Waals surface area (Å²) in [5.74, 6) is -1.08. The molecule has 0 fully saturated rings. The third kappa shape index (κ3) is 5.52. The van der Waals surface area contributed by atoms with Crippen LogP contribution in [0.4, 0.5) is 0 Å². The zero-order chi connectivity index (χ0) is 20.6. The minimum absolute atomic E-state index is 0.223. The maximum atomic E-state index is 12.3. The summed E-state index contributed by atoms with van der Waals surface area (Å²) in [5, 5.41) is 2.65. The molecule has 0 bridgehead atoms. The standard InChI is InChI=1S/C23H20N2O4/c24-21(26)20(25-22(27)17-7-3-1-4-8-17)15-16-11-13-19(14-12-16)29-23(28)18-9-5-2-6-10-18/h1-14,20H,15H2,(H2,24,26)(H,25,27). The van der Waals surface area contributed by atoms with Crippen molar-refractivity contribution in [1.29, 1.82) is 0 Å². The van der Waals surface area contributed by atoms with Gasteiger partial charge in [-0.15, -0.1) is 0 Å². The molecule has 6 nitrogen and oxygen atoms in total. The van der Waals surface area contributed by atoms with Crippen LogP contribution >= 0.6 is 0 Å². The quantitative estimate of drug-likeness (QED) is 0.480. The first-order valence-electron chi connectivity index (χ1n) is 9.04. The highest BCUT2D eigenvalue weighted by Crippen LogP contribution is 2.15. The van der Waals surface area contributed by atoms with Gasteiger partial charge >= 0.3 is 5.97 Å². The summed E-state index contributed by atoms with van der Waals surface area (Å²) >= 11 is 0. The van der Waals surface area contributed by atoms with E-state index in [1.54, 1.807) is 78.9 Å². The molecular weight excluding hydrogens is 368 g/mol. The molecule has 0 aliphatic carbocycles. The summed E-state index contributed by atoms with van der Waals surface area (Å²) < 4.78 is 5.33. The zero-order valence-electron chi connectivity index (χ0n) is 15.6. The summed E-state index contributed by atoms with van der Waals surface area (Å²) in [5.41, 5.74) is 7.11. The molecule has 3 aromatic rings. The second kappa shape index (κ2) is 9.32. The summed E-state index contributed by atoms with van der Waals surface area (Å²) in [4.78, 5) is 36.2. The number of primary amides is 1. The fraction of sp³-hybridized carbons (Fsp3) is 0.0870. The Labute approximate surface area is 168 Å². The van der Waals surface area contributed by atoms with Crippen LogP contribution in [0.3, 0.4) is 0 Å². The molecule has 0 radical (unpaired) electrons. The van der Waals surface area contributed by atoms with Crippen LogP contribution in [0.15, 0.2) is 84.9 Å². The molecule has 3 aromatic carbocycles. The van der Waals surface area contributed by atoms with Crippen molar-refractivity contribution in [3.8, 4) is 5.75 Å². The van der Waals surface area contributed by atoms with Crippen LogP contribution in [-0.4, -0.2) is 23.8 Å². The van der Waals surface area contributed by atoms with E-state index in [-0.39, 0.29) is 12.3 Å². The lowest BCUT2D eigenvalue weighted by molar-refractivity contribution is -0.119. The van der Waals surface area contributed by atoms with Crippen LogP contribution in [0, 0.1) is 0 Å². The molecule has 0 aromatic heterocycles. The lowest BCUT2D eigenvalue weighted by atomic mass is 10.0. The van der Waals surface area contributed by atoms with Gasteiger partial charge in [-0.2, -0.15) is 0 Å². The van der Waals surface area contributed by atoms with Gasteiger partial charge in [-0.25, -0.2) is 4.79 Å². The van der Waals surface area contributed by atoms with E-state index in [1.807, 2.05) is 6.07 Å². The first-order valence-corrected chi connectivity index (χ1v) is 9.04. The van der Waals surface area contributed by atoms with Crippen molar-refractivity contribution < 1.29 is 19.1 Å². The van der Waals surface area contributed by atoms with E-state index in [2.05, 4.69) is 5.32 Å². The van der Waals surface area contributed by atoms with Gasteiger partial charge in [0, 0.05) is 12.0 Å². The van der Waals surface area contributed by atoms with Gasteiger partial charge < -0.3 is 15.8 Å². The minimum Gasteiger partial charge on any atom is -0.423 e. The van der Waals surface area contributed by atoms with E-state index in [4.69, 9.17) is 10.5 Å². The smallest absolute Gasteiger partial charge is 0.343 e. The van der Waals surface area contributed by atoms with E-state index in [1.165, 1.54) is 0 Å². The molecule has 3 rings (SSSR count). The normalized spacial score (nSPS) is 11.3. The van der Waals surface area contributed by atoms with Crippen molar-refractivity contribution in [1.82, 2.24) is 5.32 Å². The summed E-state index contributed by atoms with van der Waals surface area (Å²) in [6.45, 7) is 0. The fourth-order valence-corrected chi connectivity index (χ4v) is 2.72. The molecule has 1 atom stereocenters. The van der Waals surface area contributed by atoms with Gasteiger partial charge in [0.1, 0.15) is 11.8 Å². The summed E-state index contributed by atoms with van der Waals surface area (Å²) in [6.07, 6.45) is 0.223. The number of amides is 2. The average molecular weight is 388 g/mol. The van der Waals surface area contributed by atoms with Gasteiger partial charge in [-0.1, -0.05) is 48.5 Å². The number of carbonyl (C=O) groups excluding carboxylic acids is 3. The van der Waals surface area contributed by atoms with Gasteiger partial charge in [0.15, 0.2) is 0 Å². The highest BCUT2D eigenvalue weighted by Gasteiger charge is 2.19. The Hall–Kier alpha value is -3.93. The van der Waals surface area contributed by atoms with Crippen LogP contribution in [0.5, 0.6) is 5.75 Å². The van der Waals surface area contributed by atoms with E-state index in [0.29, 0.717) is 16.9 Å². The second-order valence-electron chi connectivity index (χ2n) is 6.40. The monoisotopic (exact) mass is 388 g/mol. The van der Waals surface area contributed by atoms with Crippen LogP contribution in [0.1, 0.15) is 26.3 Å². The minimum atomic E-state index is -0.861. The highest BCUT2D eigenvalue weighted by atomic mass is 16.5. The first kappa shape index (κ1) is 19.8. The van der Waals surface area contributed by atoms with Gasteiger partial charge in [0.25, 0.3) is 5.91 Å². The molecule has 0 heterocycles. The second-order valence-corrected chi connectivity index (χ2v) is 6.40. The molecule has 0 spiro atoms. The number of hydrogen-bond acceptors (Lipinski definition) is 4. The number of hydrogen-bond donors (Lipinski definition) is 2. The Morgan fingerprint density at radius 1 is 0.793 bits per heavy atom. The molecule has 0 saturated heterocycles. The molecule has 3 N–H and O–H groups in total. The van der Waals surface area contributed by atoms with Crippen molar-refractivity contribution in [3.05, 3.63) is 102 Å². The zero-order valence-corrected chi connectivity index (χ0v) is 15.6. The molecule has 1 unspecified atom stereocenters. The first-order chi connectivity index (χ1) is 14.0. The molecule has 146 valence electrons. The van der Waals surface area contributed by atoms with E-state index < -0.39 is 17.9 Å². The van der Waals surface area contributed by atoms with Crippen molar-refractivity contribution in [3.63, 3.8) is 0 Å². The summed E-state index contributed by atoms with van der Waals surface area (Å²) in [7, 11) is 0. The number of nitrogens with one attached hydrogen (secondary N) is 1. The Morgan fingerprint density at radius 3 is 1.90 bits per heavy atom. The van der Waals surface area contributed by atoms with E-state index in [0.717, 1.165) is 5.56 Å². The topological polar surface area (TPSA) is 98.5 Å². The maximum absolute atomic E-state index is 12.3. The van der Waals surface area contributed by atoms with Gasteiger partial charge in [-0.3, -0.25) is 9.59 Å². The molecule has 0 saturated carbocycles. The Balaban J connectivity index is 1.63. The number of rotatable bonds is 7. The predicted molar refractivity (Wildman–Crippen MR) is 108 cm³/mol. The average Bonchev–Trinajstić information content (AvgIpc) is 2.75. The summed E-state index contributed by atoms with van der Waals surface area (Å²) in [6, 6.07) is 23.1. The Kier molecular flexibility index (Phi) is 6.37. The Morgan fingerprint density at radius 2 is 1.34 bits per heavy atom. The number of nitrogens with two attached hydrogens (primary N) is 1. The van der Waals surface area contributed by atoms with Gasteiger partial charge in [0.2, 0.25) is 5.91 Å². The molecule has 2 amide bonds. The van der Waals surface area contributed by atoms with Crippen molar-refractivity contribution >= 4 is 17.8 Å². The van der Waals surface area contributed by atoms with E-state index in [9.17, 15) is 14.4 Å². The van der Waals surface area contributed by atoms with Crippen LogP contribution in [0.25, 0.3) is 0 Å². The molecule has 0 aliphatic rings. The number of esters is 1. The highest BCUT2D eigenvalue weighted by molar-refractivity contribution is 5.97. The lowest BCUT2D eigenvalue weighted by Gasteiger charge is -2.16. The van der Waals surface area contributed by atoms with Crippen LogP contribution in [-0.2, 0) is 11.2 Å². The molecular formula is C23H20N2O4. The van der Waals surface area contributed by atoms with E-state index >= 15 is 0 Å². The number of ether oxygens (including phenoxy) is 1. The fourth-order valence-electron chi connectivity index (χ4n) is 2.72. The third-order valence-electron chi connectivity index (χ3n) is 4.27. The van der Waals surface area contributed by atoms with Gasteiger partial charge in [-0.05, 0) is 42.0 Å². The van der Waals surface area contributed by atoms with Gasteiger partial charge in [0.05, 0.1) is 5.56 Å². The maximum Gasteiger partial charge on any atom is 0.343 e.